The largest absolute Gasteiger partial charge is 0.379 e. The number of hydrogen-bond acceptors (Lipinski definition) is 3. The van der Waals surface area contributed by atoms with Gasteiger partial charge in [0.05, 0.1) is 13.2 Å². The van der Waals surface area contributed by atoms with Crippen LogP contribution in [0.4, 0.5) is 0 Å². The highest BCUT2D eigenvalue weighted by molar-refractivity contribution is 4.82. The quantitative estimate of drug-likeness (QED) is 0.737. The van der Waals surface area contributed by atoms with Crippen molar-refractivity contribution in [1.82, 2.24) is 10.2 Å². The van der Waals surface area contributed by atoms with E-state index in [-0.39, 0.29) is 0 Å². The Labute approximate surface area is 93.2 Å². The second-order valence-corrected chi connectivity index (χ2v) is 5.20. The van der Waals surface area contributed by atoms with Crippen LogP contribution in [0.25, 0.3) is 0 Å². The average molecular weight is 212 g/mol. The first-order valence-corrected chi connectivity index (χ1v) is 6.29. The Hall–Kier alpha value is -0.120. The molecule has 3 heteroatoms. The van der Waals surface area contributed by atoms with E-state index in [0.29, 0.717) is 6.04 Å². The summed E-state index contributed by atoms with van der Waals surface area (Å²) in [5.41, 5.74) is 0. The summed E-state index contributed by atoms with van der Waals surface area (Å²) < 4.78 is 5.38. The first-order valence-electron chi connectivity index (χ1n) is 6.29. The first-order chi connectivity index (χ1) is 7.25. The van der Waals surface area contributed by atoms with E-state index in [2.05, 4.69) is 24.1 Å². The third-order valence-electron chi connectivity index (χ3n) is 3.85. The molecule has 3 nitrogen and oxygen atoms in total. The van der Waals surface area contributed by atoms with Crippen molar-refractivity contribution in [3.63, 3.8) is 0 Å². The van der Waals surface area contributed by atoms with Crippen LogP contribution in [0.3, 0.4) is 0 Å². The van der Waals surface area contributed by atoms with Gasteiger partial charge in [0.15, 0.2) is 0 Å². The number of hydrogen-bond donors (Lipinski definition) is 1. The predicted molar refractivity (Wildman–Crippen MR) is 62.0 cm³/mol. The summed E-state index contributed by atoms with van der Waals surface area (Å²) in [5.74, 6) is 1.70. The van der Waals surface area contributed by atoms with Gasteiger partial charge in [0.25, 0.3) is 0 Å². The van der Waals surface area contributed by atoms with Gasteiger partial charge in [-0.05, 0) is 31.7 Å². The Morgan fingerprint density at radius 2 is 2.00 bits per heavy atom. The molecular weight excluding hydrogens is 188 g/mol. The molecule has 0 saturated carbocycles. The third kappa shape index (κ3) is 3.16. The van der Waals surface area contributed by atoms with Gasteiger partial charge < -0.3 is 10.1 Å². The molecule has 2 aliphatic rings. The fourth-order valence-corrected chi connectivity index (χ4v) is 2.69. The number of ether oxygens (including phenoxy) is 1. The Morgan fingerprint density at radius 1 is 1.27 bits per heavy atom. The van der Waals surface area contributed by atoms with Crippen LogP contribution in [0.2, 0.25) is 0 Å². The molecule has 15 heavy (non-hydrogen) atoms. The molecule has 0 aromatic carbocycles. The molecule has 3 atom stereocenters. The lowest BCUT2D eigenvalue weighted by Crippen LogP contribution is -2.47. The Morgan fingerprint density at radius 3 is 2.73 bits per heavy atom. The molecule has 3 unspecified atom stereocenters. The standard InChI is InChI=1S/C12H24N2O/c1-10-8-13-11(2)7-12(10)9-14-3-5-15-6-4-14/h10-13H,3-9H2,1-2H3. The summed E-state index contributed by atoms with van der Waals surface area (Å²) in [4.78, 5) is 2.57. The molecule has 0 aromatic rings. The van der Waals surface area contributed by atoms with Gasteiger partial charge in [-0.15, -0.1) is 0 Å². The molecule has 2 heterocycles. The summed E-state index contributed by atoms with van der Waals surface area (Å²) >= 11 is 0. The zero-order valence-corrected chi connectivity index (χ0v) is 10.0. The zero-order valence-electron chi connectivity index (χ0n) is 10.0. The van der Waals surface area contributed by atoms with E-state index in [9.17, 15) is 0 Å². The van der Waals surface area contributed by atoms with Crippen LogP contribution >= 0.6 is 0 Å². The normalized spacial score (nSPS) is 39.2. The summed E-state index contributed by atoms with van der Waals surface area (Å²) in [6, 6.07) is 0.701. The lowest BCUT2D eigenvalue weighted by atomic mass is 9.84. The van der Waals surface area contributed by atoms with Crippen molar-refractivity contribution in [3.8, 4) is 0 Å². The minimum Gasteiger partial charge on any atom is -0.379 e. The number of nitrogens with zero attached hydrogens (tertiary/aromatic N) is 1. The second-order valence-electron chi connectivity index (χ2n) is 5.20. The van der Waals surface area contributed by atoms with Crippen molar-refractivity contribution < 1.29 is 4.74 Å². The van der Waals surface area contributed by atoms with E-state index in [0.717, 1.165) is 38.1 Å². The van der Waals surface area contributed by atoms with Crippen molar-refractivity contribution in [2.45, 2.75) is 26.3 Å². The molecule has 0 aliphatic carbocycles. The van der Waals surface area contributed by atoms with Crippen LogP contribution in [-0.2, 0) is 4.74 Å². The maximum Gasteiger partial charge on any atom is 0.0594 e. The lowest BCUT2D eigenvalue weighted by molar-refractivity contribution is 0.0219. The van der Waals surface area contributed by atoms with E-state index in [1.807, 2.05) is 0 Å². The SMILES string of the molecule is CC1CC(CN2CCOCC2)C(C)CN1. The van der Waals surface area contributed by atoms with E-state index in [4.69, 9.17) is 4.74 Å². The Bertz CT molecular complexity index is 192. The van der Waals surface area contributed by atoms with Crippen LogP contribution in [0.15, 0.2) is 0 Å². The molecule has 2 saturated heterocycles. The Kier molecular flexibility index (Phi) is 4.00. The molecule has 88 valence electrons. The van der Waals surface area contributed by atoms with Gasteiger partial charge in [-0.3, -0.25) is 4.90 Å². The van der Waals surface area contributed by atoms with Crippen LogP contribution in [0.1, 0.15) is 20.3 Å². The zero-order chi connectivity index (χ0) is 10.7. The van der Waals surface area contributed by atoms with Crippen LogP contribution in [0, 0.1) is 11.8 Å². The van der Waals surface area contributed by atoms with E-state index >= 15 is 0 Å². The summed E-state index contributed by atoms with van der Waals surface area (Å²) in [6.45, 7) is 11.3. The van der Waals surface area contributed by atoms with Gasteiger partial charge in [-0.2, -0.15) is 0 Å². The van der Waals surface area contributed by atoms with Crippen LogP contribution in [-0.4, -0.2) is 50.3 Å². The molecule has 0 radical (unpaired) electrons. The molecule has 2 rings (SSSR count). The van der Waals surface area contributed by atoms with E-state index in [1.54, 1.807) is 0 Å². The van der Waals surface area contributed by atoms with Crippen molar-refractivity contribution >= 4 is 0 Å². The predicted octanol–water partition coefficient (Wildman–Crippen LogP) is 0.953. The van der Waals surface area contributed by atoms with Crippen molar-refractivity contribution in [2.24, 2.45) is 11.8 Å². The summed E-state index contributed by atoms with van der Waals surface area (Å²) in [6.07, 6.45) is 1.33. The lowest BCUT2D eigenvalue weighted by Gasteiger charge is -2.38. The Balaban J connectivity index is 1.80. The summed E-state index contributed by atoms with van der Waals surface area (Å²) in [7, 11) is 0. The number of rotatable bonds is 2. The average Bonchev–Trinajstić information content (AvgIpc) is 2.25. The number of nitrogens with one attached hydrogen (secondary N) is 1. The van der Waals surface area contributed by atoms with Crippen LogP contribution < -0.4 is 5.32 Å². The molecule has 2 fully saturated rings. The fourth-order valence-electron chi connectivity index (χ4n) is 2.69. The van der Waals surface area contributed by atoms with Crippen molar-refractivity contribution in [2.75, 3.05) is 39.4 Å². The van der Waals surface area contributed by atoms with Crippen molar-refractivity contribution in [3.05, 3.63) is 0 Å². The molecule has 0 spiro atoms. The van der Waals surface area contributed by atoms with Gasteiger partial charge in [0, 0.05) is 25.7 Å². The van der Waals surface area contributed by atoms with Gasteiger partial charge >= 0.3 is 0 Å². The monoisotopic (exact) mass is 212 g/mol. The van der Waals surface area contributed by atoms with Gasteiger partial charge in [-0.1, -0.05) is 6.92 Å². The smallest absolute Gasteiger partial charge is 0.0594 e. The molecule has 2 aliphatic heterocycles. The minimum atomic E-state index is 0.701. The highest BCUT2D eigenvalue weighted by atomic mass is 16.5. The maximum atomic E-state index is 5.38. The van der Waals surface area contributed by atoms with Crippen molar-refractivity contribution in [1.29, 1.82) is 0 Å². The maximum absolute atomic E-state index is 5.38. The topological polar surface area (TPSA) is 24.5 Å². The second kappa shape index (κ2) is 5.28. The highest BCUT2D eigenvalue weighted by Gasteiger charge is 2.27. The van der Waals surface area contributed by atoms with Gasteiger partial charge in [-0.25, -0.2) is 0 Å². The van der Waals surface area contributed by atoms with E-state index < -0.39 is 0 Å². The number of piperidine rings is 1. The summed E-state index contributed by atoms with van der Waals surface area (Å²) in [5, 5.41) is 3.56. The fraction of sp³-hybridized carbons (Fsp3) is 1.00. The minimum absolute atomic E-state index is 0.701. The molecule has 0 amide bonds. The first kappa shape index (κ1) is 11.4. The third-order valence-corrected chi connectivity index (χ3v) is 3.85. The number of morpholine rings is 1. The molecule has 1 N–H and O–H groups in total. The van der Waals surface area contributed by atoms with Gasteiger partial charge in [0.2, 0.25) is 0 Å². The highest BCUT2D eigenvalue weighted by Crippen LogP contribution is 2.23. The van der Waals surface area contributed by atoms with Crippen LogP contribution in [0.5, 0.6) is 0 Å². The molecular formula is C12H24N2O. The van der Waals surface area contributed by atoms with Gasteiger partial charge in [0.1, 0.15) is 0 Å². The molecule has 0 bridgehead atoms. The molecule has 0 aromatic heterocycles. The van der Waals surface area contributed by atoms with E-state index in [1.165, 1.54) is 19.5 Å².